The lowest BCUT2D eigenvalue weighted by molar-refractivity contribution is -0.0212. The zero-order valence-corrected chi connectivity index (χ0v) is 19.4. The second kappa shape index (κ2) is 9.09. The molecule has 7 heteroatoms. The van der Waals surface area contributed by atoms with E-state index in [2.05, 4.69) is 6.07 Å². The molecule has 0 amide bonds. The van der Waals surface area contributed by atoms with Gasteiger partial charge in [0.2, 0.25) is 6.23 Å². The van der Waals surface area contributed by atoms with Crippen molar-refractivity contribution in [1.82, 2.24) is 5.01 Å². The topological polar surface area (TPSA) is 69.6 Å². The van der Waals surface area contributed by atoms with Crippen molar-refractivity contribution in [3.05, 3.63) is 89.0 Å². The predicted octanol–water partition coefficient (Wildman–Crippen LogP) is 5.12. The standard InChI is InChI=1S/C27H26N2O5/c1-4-33-24-10-6-9-21-23-16-22(19-7-5-8-20(15-19)31-2)28-29(23)26(34-25(21)24)17-11-13-18(14-12-17)27(30)32-3/h5-15,23,26H,4,16H2,1-3H3/t23-,26+/m1/s1. The number of hydrogen-bond donors (Lipinski definition) is 0. The third-order valence-corrected chi connectivity index (χ3v) is 6.10. The van der Waals surface area contributed by atoms with Crippen LogP contribution in [0.25, 0.3) is 0 Å². The number of benzene rings is 3. The Morgan fingerprint density at radius 3 is 2.62 bits per heavy atom. The molecular formula is C27H26N2O5. The van der Waals surface area contributed by atoms with Gasteiger partial charge in [0.1, 0.15) is 5.75 Å². The lowest BCUT2D eigenvalue weighted by Crippen LogP contribution is -2.34. The summed E-state index contributed by atoms with van der Waals surface area (Å²) in [5.74, 6) is 1.85. The highest BCUT2D eigenvalue weighted by Gasteiger charge is 2.42. The van der Waals surface area contributed by atoms with Gasteiger partial charge in [-0.3, -0.25) is 0 Å². The molecule has 3 aromatic rings. The van der Waals surface area contributed by atoms with Gasteiger partial charge in [0.25, 0.3) is 0 Å². The molecule has 0 saturated carbocycles. The molecular weight excluding hydrogens is 432 g/mol. The fourth-order valence-electron chi connectivity index (χ4n) is 4.45. The zero-order valence-electron chi connectivity index (χ0n) is 19.4. The minimum Gasteiger partial charge on any atom is -0.497 e. The number of hydrogen-bond acceptors (Lipinski definition) is 7. The van der Waals surface area contributed by atoms with E-state index < -0.39 is 6.23 Å². The van der Waals surface area contributed by atoms with Crippen molar-refractivity contribution in [2.75, 3.05) is 20.8 Å². The van der Waals surface area contributed by atoms with E-state index in [4.69, 9.17) is 24.0 Å². The Morgan fingerprint density at radius 2 is 1.88 bits per heavy atom. The Labute approximate surface area is 198 Å². The van der Waals surface area contributed by atoms with Gasteiger partial charge in [0.15, 0.2) is 11.5 Å². The fraction of sp³-hybridized carbons (Fsp3) is 0.259. The van der Waals surface area contributed by atoms with Crippen molar-refractivity contribution in [1.29, 1.82) is 0 Å². The molecule has 34 heavy (non-hydrogen) atoms. The van der Waals surface area contributed by atoms with E-state index >= 15 is 0 Å². The molecule has 2 heterocycles. The third-order valence-electron chi connectivity index (χ3n) is 6.10. The van der Waals surface area contributed by atoms with E-state index in [-0.39, 0.29) is 12.0 Å². The number of methoxy groups -OCH3 is 2. The highest BCUT2D eigenvalue weighted by molar-refractivity contribution is 6.02. The van der Waals surface area contributed by atoms with Crippen LogP contribution in [0.2, 0.25) is 0 Å². The lowest BCUT2D eigenvalue weighted by Gasteiger charge is -2.38. The van der Waals surface area contributed by atoms with Gasteiger partial charge in [-0.05, 0) is 37.3 Å². The van der Waals surface area contributed by atoms with Crippen LogP contribution in [0.3, 0.4) is 0 Å². The van der Waals surface area contributed by atoms with Crippen LogP contribution in [0.4, 0.5) is 0 Å². The van der Waals surface area contributed by atoms with Gasteiger partial charge in [0.05, 0.1) is 38.1 Å². The van der Waals surface area contributed by atoms with Crippen molar-refractivity contribution in [2.45, 2.75) is 25.6 Å². The Kier molecular flexibility index (Phi) is 5.84. The number of para-hydroxylation sites is 1. The molecule has 0 fully saturated rings. The molecule has 0 aromatic heterocycles. The zero-order chi connectivity index (χ0) is 23.7. The first-order chi connectivity index (χ1) is 16.6. The van der Waals surface area contributed by atoms with Crippen LogP contribution in [0.1, 0.15) is 52.7 Å². The highest BCUT2D eigenvalue weighted by Crippen LogP contribution is 2.50. The molecule has 2 aliphatic rings. The van der Waals surface area contributed by atoms with Crippen molar-refractivity contribution in [2.24, 2.45) is 5.10 Å². The second-order valence-corrected chi connectivity index (χ2v) is 8.07. The Bertz CT molecular complexity index is 1240. The summed E-state index contributed by atoms with van der Waals surface area (Å²) < 4.78 is 22.7. The van der Waals surface area contributed by atoms with Gasteiger partial charge in [0, 0.05) is 23.1 Å². The van der Waals surface area contributed by atoms with Crippen molar-refractivity contribution in [3.8, 4) is 17.2 Å². The third kappa shape index (κ3) is 3.83. The van der Waals surface area contributed by atoms with Gasteiger partial charge in [-0.2, -0.15) is 5.10 Å². The van der Waals surface area contributed by atoms with Crippen LogP contribution >= 0.6 is 0 Å². The van der Waals surface area contributed by atoms with E-state index in [1.54, 1.807) is 19.2 Å². The van der Waals surface area contributed by atoms with E-state index in [0.29, 0.717) is 17.9 Å². The van der Waals surface area contributed by atoms with E-state index in [1.807, 2.05) is 60.5 Å². The Balaban J connectivity index is 1.57. The number of hydrazone groups is 1. The van der Waals surface area contributed by atoms with Gasteiger partial charge in [-0.1, -0.05) is 36.4 Å². The number of nitrogens with zero attached hydrogens (tertiary/aromatic N) is 2. The fourth-order valence-corrected chi connectivity index (χ4v) is 4.45. The van der Waals surface area contributed by atoms with Crippen molar-refractivity contribution < 1.29 is 23.7 Å². The summed E-state index contributed by atoms with van der Waals surface area (Å²) in [6, 6.07) is 21.1. The number of esters is 1. The Morgan fingerprint density at radius 1 is 1.09 bits per heavy atom. The molecule has 0 aliphatic carbocycles. The summed E-state index contributed by atoms with van der Waals surface area (Å²) in [4.78, 5) is 11.9. The minimum atomic E-state index is -0.478. The van der Waals surface area contributed by atoms with Crippen molar-refractivity contribution in [3.63, 3.8) is 0 Å². The normalized spacial score (nSPS) is 18.3. The number of fused-ring (bicyclic) bond motifs is 3. The number of ether oxygens (including phenoxy) is 4. The first-order valence-corrected chi connectivity index (χ1v) is 11.2. The van der Waals surface area contributed by atoms with Crippen LogP contribution in [0, 0.1) is 0 Å². The van der Waals surface area contributed by atoms with Crippen LogP contribution in [0.15, 0.2) is 71.8 Å². The second-order valence-electron chi connectivity index (χ2n) is 8.07. The summed E-state index contributed by atoms with van der Waals surface area (Å²) in [5.41, 5.74) is 4.37. The van der Waals surface area contributed by atoms with Gasteiger partial charge in [-0.15, -0.1) is 0 Å². The quantitative estimate of drug-likeness (QED) is 0.478. The maximum Gasteiger partial charge on any atom is 0.337 e. The average Bonchev–Trinajstić information content (AvgIpc) is 3.34. The average molecular weight is 459 g/mol. The molecule has 7 nitrogen and oxygen atoms in total. The largest absolute Gasteiger partial charge is 0.497 e. The Hall–Kier alpha value is -4.00. The molecule has 0 N–H and O–H groups in total. The summed E-state index contributed by atoms with van der Waals surface area (Å²) in [5, 5.41) is 7.00. The maximum absolute atomic E-state index is 11.9. The first kappa shape index (κ1) is 21.8. The summed E-state index contributed by atoms with van der Waals surface area (Å²) in [6.07, 6.45) is 0.240. The lowest BCUT2D eigenvalue weighted by atomic mass is 9.95. The summed E-state index contributed by atoms with van der Waals surface area (Å²) in [7, 11) is 3.03. The molecule has 5 rings (SSSR count). The molecule has 0 unspecified atom stereocenters. The molecule has 3 aromatic carbocycles. The van der Waals surface area contributed by atoms with E-state index in [9.17, 15) is 4.79 Å². The molecule has 2 aliphatic heterocycles. The molecule has 174 valence electrons. The number of rotatable bonds is 6. The smallest absolute Gasteiger partial charge is 0.337 e. The maximum atomic E-state index is 11.9. The highest BCUT2D eigenvalue weighted by atomic mass is 16.5. The number of carbonyl (C=O) groups is 1. The van der Waals surface area contributed by atoms with Gasteiger partial charge in [-0.25, -0.2) is 9.80 Å². The summed E-state index contributed by atoms with van der Waals surface area (Å²) >= 11 is 0. The summed E-state index contributed by atoms with van der Waals surface area (Å²) in [6.45, 7) is 2.50. The molecule has 0 spiro atoms. The molecule has 2 atom stereocenters. The van der Waals surface area contributed by atoms with E-state index in [0.717, 1.165) is 40.3 Å². The molecule has 0 bridgehead atoms. The monoisotopic (exact) mass is 458 g/mol. The van der Waals surface area contributed by atoms with Gasteiger partial charge >= 0.3 is 5.97 Å². The van der Waals surface area contributed by atoms with E-state index in [1.165, 1.54) is 7.11 Å². The predicted molar refractivity (Wildman–Crippen MR) is 127 cm³/mol. The van der Waals surface area contributed by atoms with Crippen molar-refractivity contribution >= 4 is 11.7 Å². The number of carbonyl (C=O) groups excluding carboxylic acids is 1. The minimum absolute atomic E-state index is 0.0179. The van der Waals surface area contributed by atoms with Crippen LogP contribution in [-0.4, -0.2) is 37.5 Å². The van der Waals surface area contributed by atoms with Crippen LogP contribution in [-0.2, 0) is 4.74 Å². The SMILES string of the molecule is CCOc1cccc2c1O[C@@H](c1ccc(C(=O)OC)cc1)N1N=C(c3cccc(OC)c3)C[C@H]21. The van der Waals surface area contributed by atoms with Crippen LogP contribution < -0.4 is 14.2 Å². The van der Waals surface area contributed by atoms with Gasteiger partial charge < -0.3 is 18.9 Å². The molecule has 0 saturated heterocycles. The van der Waals surface area contributed by atoms with Crippen LogP contribution in [0.5, 0.6) is 17.2 Å². The first-order valence-electron chi connectivity index (χ1n) is 11.2. The molecule has 0 radical (unpaired) electrons.